The van der Waals surface area contributed by atoms with E-state index in [1.54, 1.807) is 30.3 Å². The predicted molar refractivity (Wildman–Crippen MR) is 149 cm³/mol. The minimum absolute atomic E-state index is 0.0600. The van der Waals surface area contributed by atoms with Crippen LogP contribution in [-0.2, 0) is 21.3 Å². The second-order valence-corrected chi connectivity index (χ2v) is 11.8. The van der Waals surface area contributed by atoms with E-state index in [9.17, 15) is 35.0 Å². The van der Waals surface area contributed by atoms with Crippen molar-refractivity contribution in [2.45, 2.75) is 68.2 Å². The van der Waals surface area contributed by atoms with Crippen molar-refractivity contribution in [1.82, 2.24) is 0 Å². The van der Waals surface area contributed by atoms with Crippen molar-refractivity contribution in [3.8, 4) is 5.75 Å². The van der Waals surface area contributed by atoms with Gasteiger partial charge in [0.2, 0.25) is 0 Å². The molecule has 0 radical (unpaired) electrons. The Bertz CT molecular complexity index is 1160. The number of hydrogen-bond donors (Lipinski definition) is 6. The van der Waals surface area contributed by atoms with Gasteiger partial charge in [0.05, 0.1) is 67.3 Å². The van der Waals surface area contributed by atoms with Gasteiger partial charge >= 0.3 is 0 Å². The molecule has 6 N–H and O–H groups in total. The van der Waals surface area contributed by atoms with Crippen molar-refractivity contribution in [3.05, 3.63) is 64.2 Å². The molecule has 9 nitrogen and oxygen atoms in total. The Labute approximate surface area is 244 Å². The van der Waals surface area contributed by atoms with Gasteiger partial charge in [-0.1, -0.05) is 35.9 Å². The van der Waals surface area contributed by atoms with Gasteiger partial charge in [0.15, 0.2) is 0 Å². The zero-order valence-electron chi connectivity index (χ0n) is 23.2. The number of hydrogen-bond acceptors (Lipinski definition) is 9. The Hall–Kier alpha value is -1.86. The van der Waals surface area contributed by atoms with Crippen molar-refractivity contribution < 1.29 is 49.2 Å². The van der Waals surface area contributed by atoms with Gasteiger partial charge in [-0.25, -0.2) is 4.39 Å². The van der Waals surface area contributed by atoms with Crippen molar-refractivity contribution in [3.63, 3.8) is 0 Å². The van der Waals surface area contributed by atoms with E-state index in [1.807, 2.05) is 12.1 Å². The summed E-state index contributed by atoms with van der Waals surface area (Å²) in [5.74, 6) is 0.641. The molecular formula is C30H40ClFO9. The summed E-state index contributed by atoms with van der Waals surface area (Å²) in [4.78, 5) is 0. The van der Waals surface area contributed by atoms with E-state index in [1.165, 1.54) is 13.8 Å². The fourth-order valence-electron chi connectivity index (χ4n) is 6.58. The molecule has 41 heavy (non-hydrogen) atoms. The molecule has 0 spiro atoms. The first-order valence-corrected chi connectivity index (χ1v) is 14.1. The second kappa shape index (κ2) is 12.8. The van der Waals surface area contributed by atoms with Crippen LogP contribution in [-0.4, -0.2) is 106 Å². The lowest BCUT2D eigenvalue weighted by Gasteiger charge is -2.56. The van der Waals surface area contributed by atoms with Crippen LogP contribution in [0.25, 0.3) is 0 Å². The van der Waals surface area contributed by atoms with Gasteiger partial charge in [-0.05, 0) is 61.6 Å². The standard InChI is InChI=1S/C30H40ClFO9/c1-28(2,38)29-17-23(33)30(27(29)37,26(36)24(34)25(29)35)20-5-8-22(31)19(16-20)15-18-3-6-21(7-4-18)41-14-13-40-12-11-39-10-9-32/h3-8,16,23-27,33-38H,9-15,17H2,1-2H3/t23?,24-,25-,26+,27?,29-,30-/m1/s1. The third-order valence-corrected chi connectivity index (χ3v) is 9.15. The molecule has 228 valence electrons. The molecule has 0 saturated heterocycles. The highest BCUT2D eigenvalue weighted by Crippen LogP contribution is 2.63. The van der Waals surface area contributed by atoms with Gasteiger partial charge in [-0.2, -0.15) is 0 Å². The molecule has 4 rings (SSSR count). The molecule has 2 fully saturated rings. The molecule has 2 bridgehead atoms. The van der Waals surface area contributed by atoms with Gasteiger partial charge in [-0.3, -0.25) is 0 Å². The Balaban J connectivity index is 1.49. The largest absolute Gasteiger partial charge is 0.491 e. The number of alkyl halides is 1. The number of benzene rings is 2. The van der Waals surface area contributed by atoms with Gasteiger partial charge in [-0.15, -0.1) is 0 Å². The lowest BCUT2D eigenvalue weighted by atomic mass is 9.55. The third kappa shape index (κ3) is 5.74. The maximum absolute atomic E-state index is 12.0. The zero-order chi connectivity index (χ0) is 30.0. The summed E-state index contributed by atoms with van der Waals surface area (Å²) in [5, 5.41) is 67.3. The van der Waals surface area contributed by atoms with E-state index in [0.29, 0.717) is 54.7 Å². The highest BCUT2D eigenvalue weighted by atomic mass is 35.5. The van der Waals surface area contributed by atoms with E-state index in [-0.39, 0.29) is 13.0 Å². The number of rotatable bonds is 13. The number of aliphatic hydroxyl groups is 6. The topological polar surface area (TPSA) is 149 Å². The normalized spacial score (nSPS) is 31.4. The molecule has 0 heterocycles. The van der Waals surface area contributed by atoms with Crippen LogP contribution in [0.1, 0.15) is 37.0 Å². The van der Waals surface area contributed by atoms with E-state index < -0.39 is 53.6 Å². The Morgan fingerprint density at radius 2 is 1.54 bits per heavy atom. The third-order valence-electron chi connectivity index (χ3n) is 8.78. The van der Waals surface area contributed by atoms with Crippen LogP contribution < -0.4 is 4.74 Å². The Morgan fingerprint density at radius 3 is 2.17 bits per heavy atom. The van der Waals surface area contributed by atoms with Gasteiger partial charge in [0, 0.05) is 5.02 Å². The summed E-state index contributed by atoms with van der Waals surface area (Å²) in [7, 11) is 0. The molecule has 2 aromatic carbocycles. The minimum Gasteiger partial charge on any atom is -0.491 e. The van der Waals surface area contributed by atoms with E-state index in [4.69, 9.17) is 25.8 Å². The summed E-state index contributed by atoms with van der Waals surface area (Å²) in [6.07, 6.45) is -7.89. The molecule has 2 aliphatic rings. The SMILES string of the molecule is CC(C)(O)[C@@]12CC(O)[C@@](c3ccc(Cl)c(Cc4ccc(OCCOCCOCCF)cc4)c3)(C1O)[C@@H](O)[C@H](O)[C@H]2O. The molecule has 7 atom stereocenters. The zero-order valence-corrected chi connectivity index (χ0v) is 24.0. The van der Waals surface area contributed by atoms with Gasteiger partial charge in [0.25, 0.3) is 0 Å². The van der Waals surface area contributed by atoms with Crippen molar-refractivity contribution in [1.29, 1.82) is 0 Å². The van der Waals surface area contributed by atoms with E-state index in [2.05, 4.69) is 0 Å². The smallest absolute Gasteiger partial charge is 0.119 e. The highest BCUT2D eigenvalue weighted by molar-refractivity contribution is 6.31. The highest BCUT2D eigenvalue weighted by Gasteiger charge is 2.77. The molecule has 0 aliphatic heterocycles. The van der Waals surface area contributed by atoms with E-state index in [0.717, 1.165) is 5.56 Å². The molecule has 2 aliphatic carbocycles. The number of fused-ring (bicyclic) bond motifs is 2. The number of aliphatic hydroxyl groups excluding tert-OH is 5. The Kier molecular flexibility index (Phi) is 10.0. The first-order chi connectivity index (χ1) is 19.4. The number of halogens is 2. The number of ether oxygens (including phenoxy) is 3. The second-order valence-electron chi connectivity index (χ2n) is 11.4. The van der Waals surface area contributed by atoms with E-state index >= 15 is 0 Å². The van der Waals surface area contributed by atoms with Crippen molar-refractivity contribution in [2.24, 2.45) is 5.41 Å². The van der Waals surface area contributed by atoms with Gasteiger partial charge < -0.3 is 44.8 Å². The van der Waals surface area contributed by atoms with Crippen molar-refractivity contribution in [2.75, 3.05) is 39.7 Å². The average molecular weight is 599 g/mol. The van der Waals surface area contributed by atoms with Crippen LogP contribution in [0.3, 0.4) is 0 Å². The fraction of sp³-hybridized carbons (Fsp3) is 0.600. The maximum atomic E-state index is 12.0. The summed E-state index contributed by atoms with van der Waals surface area (Å²) in [5.41, 5.74) is -3.24. The first kappa shape index (κ1) is 32.1. The maximum Gasteiger partial charge on any atom is 0.119 e. The average Bonchev–Trinajstić information content (AvgIpc) is 3.15. The van der Waals surface area contributed by atoms with Crippen LogP contribution in [0, 0.1) is 5.41 Å². The van der Waals surface area contributed by atoms with Crippen LogP contribution in [0.4, 0.5) is 4.39 Å². The van der Waals surface area contributed by atoms with Gasteiger partial charge in [0.1, 0.15) is 25.1 Å². The monoisotopic (exact) mass is 598 g/mol. The summed E-state index contributed by atoms with van der Waals surface area (Å²) >= 11 is 6.53. The molecule has 0 aromatic heterocycles. The predicted octanol–water partition coefficient (Wildman–Crippen LogP) is 1.53. The van der Waals surface area contributed by atoms with Crippen LogP contribution in [0.5, 0.6) is 5.75 Å². The minimum atomic E-state index is -1.77. The van der Waals surface area contributed by atoms with Crippen LogP contribution in [0.2, 0.25) is 5.02 Å². The van der Waals surface area contributed by atoms with Crippen molar-refractivity contribution >= 4 is 11.6 Å². The summed E-state index contributed by atoms with van der Waals surface area (Å²) < 4.78 is 28.0. The lowest BCUT2D eigenvalue weighted by molar-refractivity contribution is -0.254. The van der Waals surface area contributed by atoms with Crippen LogP contribution >= 0.6 is 11.6 Å². The molecule has 2 aromatic rings. The Morgan fingerprint density at radius 1 is 0.902 bits per heavy atom. The summed E-state index contributed by atoms with van der Waals surface area (Å²) in [6, 6.07) is 12.2. The summed E-state index contributed by atoms with van der Waals surface area (Å²) in [6.45, 7) is 3.72. The quantitative estimate of drug-likeness (QED) is 0.189. The van der Waals surface area contributed by atoms with Crippen LogP contribution in [0.15, 0.2) is 42.5 Å². The molecule has 0 amide bonds. The fourth-order valence-corrected chi connectivity index (χ4v) is 6.76. The molecule has 2 saturated carbocycles. The lowest BCUT2D eigenvalue weighted by Crippen LogP contribution is -2.72. The molecule has 2 unspecified atom stereocenters. The first-order valence-electron chi connectivity index (χ1n) is 13.8. The molecular weight excluding hydrogens is 559 g/mol. The molecule has 11 heteroatoms.